The summed E-state index contributed by atoms with van der Waals surface area (Å²) in [4.78, 5) is 32.9. The van der Waals surface area contributed by atoms with Gasteiger partial charge in [0.2, 0.25) is 0 Å². The van der Waals surface area contributed by atoms with Gasteiger partial charge in [0.05, 0.1) is 0 Å². The summed E-state index contributed by atoms with van der Waals surface area (Å²) < 4.78 is 0. The molecule has 2 aliphatic rings. The van der Waals surface area contributed by atoms with Gasteiger partial charge in [0.15, 0.2) is 0 Å². The van der Waals surface area contributed by atoms with E-state index in [0.717, 1.165) is 40.4 Å². The molecule has 5 rings (SSSR count). The quantitative estimate of drug-likeness (QED) is 0.631. The lowest BCUT2D eigenvalue weighted by Crippen LogP contribution is -2.33. The van der Waals surface area contributed by atoms with E-state index in [1.807, 2.05) is 41.3 Å². The summed E-state index contributed by atoms with van der Waals surface area (Å²) in [6.45, 7) is 2.02. The third-order valence-electron chi connectivity index (χ3n) is 5.71. The fourth-order valence-corrected chi connectivity index (χ4v) is 4.16. The van der Waals surface area contributed by atoms with E-state index in [1.54, 1.807) is 18.1 Å². The molecular weight excluding hydrogens is 362 g/mol. The van der Waals surface area contributed by atoms with Crippen LogP contribution in [0.25, 0.3) is 21.9 Å². The maximum absolute atomic E-state index is 12.8. The molecule has 3 heterocycles. The van der Waals surface area contributed by atoms with Crippen LogP contribution >= 0.6 is 0 Å². The van der Waals surface area contributed by atoms with Gasteiger partial charge in [-0.3, -0.25) is 14.6 Å². The van der Waals surface area contributed by atoms with Crippen LogP contribution in [0.5, 0.6) is 0 Å². The predicted molar refractivity (Wildman–Crippen MR) is 113 cm³/mol. The molecule has 2 amide bonds. The summed E-state index contributed by atoms with van der Waals surface area (Å²) in [6.07, 6.45) is 6.84. The first-order chi connectivity index (χ1) is 14.1. The molecule has 1 aromatic heterocycles. The van der Waals surface area contributed by atoms with Crippen LogP contribution < -0.4 is 0 Å². The summed E-state index contributed by atoms with van der Waals surface area (Å²) in [7, 11) is 1.79. The molecule has 144 valence electrons. The van der Waals surface area contributed by atoms with E-state index >= 15 is 0 Å². The minimum absolute atomic E-state index is 0.0276. The lowest BCUT2D eigenvalue weighted by Gasteiger charge is -2.23. The van der Waals surface area contributed by atoms with Crippen molar-refractivity contribution in [3.8, 4) is 11.1 Å². The fraction of sp³-hybridized carbons (Fsp3) is 0.208. The van der Waals surface area contributed by atoms with E-state index < -0.39 is 0 Å². The molecule has 0 unspecified atom stereocenters. The molecule has 5 nitrogen and oxygen atoms in total. The Labute approximate surface area is 169 Å². The van der Waals surface area contributed by atoms with Gasteiger partial charge in [-0.05, 0) is 41.0 Å². The van der Waals surface area contributed by atoms with Crippen LogP contribution in [0, 0.1) is 0 Å². The van der Waals surface area contributed by atoms with Gasteiger partial charge in [-0.25, -0.2) is 0 Å². The van der Waals surface area contributed by atoms with Crippen molar-refractivity contribution in [1.29, 1.82) is 0 Å². The van der Waals surface area contributed by atoms with E-state index in [4.69, 9.17) is 0 Å². The van der Waals surface area contributed by atoms with Crippen molar-refractivity contribution in [2.45, 2.75) is 13.0 Å². The van der Waals surface area contributed by atoms with Crippen LogP contribution in [0.3, 0.4) is 0 Å². The first-order valence-corrected chi connectivity index (χ1v) is 9.83. The topological polar surface area (TPSA) is 53.5 Å². The first-order valence-electron chi connectivity index (χ1n) is 9.83. The van der Waals surface area contributed by atoms with E-state index in [0.29, 0.717) is 24.3 Å². The fourth-order valence-electron chi connectivity index (χ4n) is 4.16. The maximum Gasteiger partial charge on any atom is 0.272 e. The van der Waals surface area contributed by atoms with Crippen molar-refractivity contribution in [3.63, 3.8) is 0 Å². The molecule has 2 aliphatic heterocycles. The number of hydrogen-bond donors (Lipinski definition) is 0. The molecule has 5 heteroatoms. The number of carbonyl (C=O) groups is 2. The second-order valence-electron chi connectivity index (χ2n) is 7.65. The Morgan fingerprint density at radius 1 is 1.10 bits per heavy atom. The van der Waals surface area contributed by atoms with Gasteiger partial charge in [-0.2, -0.15) is 0 Å². The minimum atomic E-state index is -0.0276. The van der Waals surface area contributed by atoms with Crippen molar-refractivity contribution < 1.29 is 9.59 Å². The zero-order valence-electron chi connectivity index (χ0n) is 16.3. The molecule has 0 saturated heterocycles. The van der Waals surface area contributed by atoms with Crippen LogP contribution in [0.4, 0.5) is 0 Å². The van der Waals surface area contributed by atoms with Gasteiger partial charge in [-0.15, -0.1) is 0 Å². The molecule has 0 radical (unpaired) electrons. The van der Waals surface area contributed by atoms with Gasteiger partial charge in [0.25, 0.3) is 11.8 Å². The lowest BCUT2D eigenvalue weighted by molar-refractivity contribution is 0.0770. The first kappa shape index (κ1) is 17.6. The molecule has 0 saturated carbocycles. The Morgan fingerprint density at radius 3 is 2.83 bits per heavy atom. The molecule has 2 aromatic carbocycles. The van der Waals surface area contributed by atoms with Crippen LogP contribution in [-0.4, -0.2) is 46.7 Å². The summed E-state index contributed by atoms with van der Waals surface area (Å²) >= 11 is 0. The average Bonchev–Trinajstić information content (AvgIpc) is 3.06. The number of amides is 2. The van der Waals surface area contributed by atoms with Crippen molar-refractivity contribution in [3.05, 3.63) is 77.6 Å². The SMILES string of the molecule is CN1Cc2cc(-c3cccc4cc(C(=O)N5CC=CCC5)ccc34)cnc2C1=O. The largest absolute Gasteiger partial charge is 0.336 e. The molecule has 0 fully saturated rings. The van der Waals surface area contributed by atoms with Crippen molar-refractivity contribution in [1.82, 2.24) is 14.8 Å². The molecular formula is C24H21N3O2. The monoisotopic (exact) mass is 383 g/mol. The van der Waals surface area contributed by atoms with Gasteiger partial charge in [0.1, 0.15) is 5.69 Å². The van der Waals surface area contributed by atoms with Gasteiger partial charge < -0.3 is 9.80 Å². The third-order valence-corrected chi connectivity index (χ3v) is 5.71. The number of fused-ring (bicyclic) bond motifs is 2. The zero-order valence-corrected chi connectivity index (χ0v) is 16.3. The maximum atomic E-state index is 12.8. The Bertz CT molecular complexity index is 1180. The number of nitrogens with zero attached hydrogens (tertiary/aromatic N) is 3. The molecule has 0 spiro atoms. The number of hydrogen-bond acceptors (Lipinski definition) is 3. The number of rotatable bonds is 2. The van der Waals surface area contributed by atoms with Crippen LogP contribution in [-0.2, 0) is 6.54 Å². The highest BCUT2D eigenvalue weighted by Crippen LogP contribution is 2.32. The number of pyridine rings is 1. The smallest absolute Gasteiger partial charge is 0.272 e. The molecule has 0 bridgehead atoms. The molecule has 0 aliphatic carbocycles. The normalized spacial score (nSPS) is 15.8. The van der Waals surface area contributed by atoms with Gasteiger partial charge in [-0.1, -0.05) is 36.4 Å². The van der Waals surface area contributed by atoms with E-state index in [9.17, 15) is 9.59 Å². The highest BCUT2D eigenvalue weighted by molar-refractivity contribution is 6.03. The number of aromatic nitrogens is 1. The third kappa shape index (κ3) is 2.99. The predicted octanol–water partition coefficient (Wildman–Crippen LogP) is 3.89. The lowest BCUT2D eigenvalue weighted by atomic mass is 9.96. The van der Waals surface area contributed by atoms with Crippen molar-refractivity contribution >= 4 is 22.6 Å². The van der Waals surface area contributed by atoms with E-state index in [2.05, 4.69) is 23.2 Å². The summed E-state index contributed by atoms with van der Waals surface area (Å²) in [5.74, 6) is 0.0441. The van der Waals surface area contributed by atoms with Gasteiger partial charge >= 0.3 is 0 Å². The summed E-state index contributed by atoms with van der Waals surface area (Å²) in [5.41, 5.74) is 4.25. The van der Waals surface area contributed by atoms with E-state index in [1.165, 1.54) is 0 Å². The summed E-state index contributed by atoms with van der Waals surface area (Å²) in [5, 5.41) is 2.09. The minimum Gasteiger partial charge on any atom is -0.336 e. The molecule has 0 N–H and O–H groups in total. The number of carbonyl (C=O) groups excluding carboxylic acids is 2. The van der Waals surface area contributed by atoms with Crippen molar-refractivity contribution in [2.75, 3.05) is 20.1 Å². The molecule has 3 aromatic rings. The number of benzene rings is 2. The second-order valence-corrected chi connectivity index (χ2v) is 7.65. The summed E-state index contributed by atoms with van der Waals surface area (Å²) in [6, 6.07) is 14.0. The van der Waals surface area contributed by atoms with E-state index in [-0.39, 0.29) is 11.8 Å². The Balaban J connectivity index is 1.53. The molecule has 0 atom stereocenters. The van der Waals surface area contributed by atoms with Gasteiger partial charge in [0, 0.05) is 49.6 Å². The van der Waals surface area contributed by atoms with Crippen LogP contribution in [0.15, 0.2) is 60.8 Å². The zero-order chi connectivity index (χ0) is 20.0. The standard InChI is InChI=1S/C24H21N3O2/c1-26-15-19-13-18(14-25-22(19)24(26)29)20-7-5-6-16-12-17(8-9-21(16)20)23(28)27-10-3-2-4-11-27/h2-3,5-9,12-14H,4,10-11,15H2,1H3. The second kappa shape index (κ2) is 6.85. The Kier molecular flexibility index (Phi) is 4.16. The average molecular weight is 383 g/mol. The van der Waals surface area contributed by atoms with Crippen molar-refractivity contribution in [2.24, 2.45) is 0 Å². The highest BCUT2D eigenvalue weighted by Gasteiger charge is 2.26. The Morgan fingerprint density at radius 2 is 2.00 bits per heavy atom. The highest BCUT2D eigenvalue weighted by atomic mass is 16.2. The molecule has 29 heavy (non-hydrogen) atoms. The Hall–Kier alpha value is -3.47. The van der Waals surface area contributed by atoms with Crippen LogP contribution in [0.1, 0.15) is 32.8 Å². The van der Waals surface area contributed by atoms with Crippen LogP contribution in [0.2, 0.25) is 0 Å².